The van der Waals surface area contributed by atoms with E-state index in [4.69, 9.17) is 17.3 Å². The Morgan fingerprint density at radius 3 is 2.58 bits per heavy atom. The van der Waals surface area contributed by atoms with Gasteiger partial charge in [0.1, 0.15) is 5.82 Å². The third kappa shape index (κ3) is 6.16. The molecule has 0 bridgehead atoms. The zero-order chi connectivity index (χ0) is 24.0. The quantitative estimate of drug-likeness (QED) is 0.382. The van der Waals surface area contributed by atoms with Gasteiger partial charge >= 0.3 is 0 Å². The zero-order valence-electron chi connectivity index (χ0n) is 18.3. The molecule has 0 aliphatic heterocycles. The number of hydrogen-bond acceptors (Lipinski definition) is 5. The second kappa shape index (κ2) is 11.0. The molecule has 3 aromatic rings. The van der Waals surface area contributed by atoms with E-state index in [1.165, 1.54) is 12.1 Å². The molecular formula is C23H26ClFN6O2. The van der Waals surface area contributed by atoms with Gasteiger partial charge in [-0.05, 0) is 56.3 Å². The number of anilines is 1. The molecule has 2 atom stereocenters. The van der Waals surface area contributed by atoms with Crippen molar-refractivity contribution in [1.82, 2.24) is 20.4 Å². The van der Waals surface area contributed by atoms with Crippen molar-refractivity contribution in [3.05, 3.63) is 76.8 Å². The molecule has 0 aliphatic carbocycles. The predicted molar refractivity (Wildman–Crippen MR) is 126 cm³/mol. The molecule has 0 spiro atoms. The fourth-order valence-corrected chi connectivity index (χ4v) is 3.46. The first-order chi connectivity index (χ1) is 15.8. The van der Waals surface area contributed by atoms with Crippen LogP contribution in [0.15, 0.2) is 54.7 Å². The monoisotopic (exact) mass is 472 g/mol. The number of carbonyl (C=O) groups excluding carboxylic acids is 2. The van der Waals surface area contributed by atoms with Crippen LogP contribution < -0.4 is 21.7 Å². The Hall–Kier alpha value is -3.27. The average molecular weight is 473 g/mol. The molecule has 0 saturated heterocycles. The number of para-hydroxylation sites is 1. The van der Waals surface area contributed by atoms with E-state index in [0.717, 1.165) is 23.0 Å². The van der Waals surface area contributed by atoms with Gasteiger partial charge in [-0.3, -0.25) is 9.59 Å². The molecule has 2 aromatic carbocycles. The van der Waals surface area contributed by atoms with E-state index in [0.29, 0.717) is 5.69 Å². The molecule has 1 heterocycles. The second-order valence-electron chi connectivity index (χ2n) is 7.54. The summed E-state index contributed by atoms with van der Waals surface area (Å²) in [5.74, 6) is -1.39. The number of likely N-dealkylation sites (N-methyl/N-ethyl adjacent to an activating group) is 1. The van der Waals surface area contributed by atoms with Crippen LogP contribution in [0.2, 0.25) is 5.02 Å². The van der Waals surface area contributed by atoms with Gasteiger partial charge in [0.2, 0.25) is 11.8 Å². The Kier molecular flexibility index (Phi) is 8.16. The Bertz CT molecular complexity index is 1120. The molecule has 33 heavy (non-hydrogen) atoms. The van der Waals surface area contributed by atoms with Crippen molar-refractivity contribution in [2.24, 2.45) is 5.73 Å². The number of carbonyl (C=O) groups is 2. The molecule has 0 radical (unpaired) electrons. The standard InChI is InChI=1S/C23H26ClFN6O2/c1-14-12-29-31(16-6-4-3-5-7-16)21(14)13-28-22(32)19(26)11-20(27-2)23(33)30-15-8-9-18(25)17(24)10-15/h3-10,12,19-20,27H,11,13,26H2,1-2H3,(H,28,32)(H,30,33). The molecule has 3 rings (SSSR count). The van der Waals surface area contributed by atoms with E-state index in [2.05, 4.69) is 21.0 Å². The zero-order valence-corrected chi connectivity index (χ0v) is 19.1. The Labute approximate surface area is 196 Å². The van der Waals surface area contributed by atoms with Crippen molar-refractivity contribution < 1.29 is 14.0 Å². The first-order valence-corrected chi connectivity index (χ1v) is 10.7. The number of nitrogens with two attached hydrogens (primary N) is 1. The SMILES string of the molecule is CNC(CC(N)C(=O)NCc1c(C)cnn1-c1ccccc1)C(=O)Nc1ccc(F)c(Cl)c1. The molecular weight excluding hydrogens is 447 g/mol. The van der Waals surface area contributed by atoms with Crippen LogP contribution in [-0.2, 0) is 16.1 Å². The van der Waals surface area contributed by atoms with Crippen molar-refractivity contribution in [3.63, 3.8) is 0 Å². The lowest BCUT2D eigenvalue weighted by Crippen LogP contribution is -2.48. The number of amides is 2. The largest absolute Gasteiger partial charge is 0.349 e. The summed E-state index contributed by atoms with van der Waals surface area (Å²) in [6.07, 6.45) is 1.79. The fraction of sp³-hybridized carbons (Fsp3) is 0.261. The van der Waals surface area contributed by atoms with Gasteiger partial charge in [0.25, 0.3) is 0 Å². The number of rotatable bonds is 9. The molecule has 0 fully saturated rings. The minimum absolute atomic E-state index is 0.0556. The molecule has 0 aliphatic rings. The highest BCUT2D eigenvalue weighted by Gasteiger charge is 2.24. The van der Waals surface area contributed by atoms with Crippen LogP contribution in [0, 0.1) is 12.7 Å². The van der Waals surface area contributed by atoms with Crippen molar-refractivity contribution >= 4 is 29.1 Å². The summed E-state index contributed by atoms with van der Waals surface area (Å²) in [4.78, 5) is 25.2. The van der Waals surface area contributed by atoms with E-state index in [1.807, 2.05) is 37.3 Å². The van der Waals surface area contributed by atoms with Crippen molar-refractivity contribution in [3.8, 4) is 5.69 Å². The van der Waals surface area contributed by atoms with Crippen molar-refractivity contribution in [2.75, 3.05) is 12.4 Å². The smallest absolute Gasteiger partial charge is 0.241 e. The van der Waals surface area contributed by atoms with Crippen LogP contribution in [0.1, 0.15) is 17.7 Å². The van der Waals surface area contributed by atoms with Crippen molar-refractivity contribution in [2.45, 2.75) is 32.0 Å². The van der Waals surface area contributed by atoms with Crippen LogP contribution in [0.5, 0.6) is 0 Å². The first-order valence-electron chi connectivity index (χ1n) is 10.4. The normalized spacial score (nSPS) is 12.8. The molecule has 10 heteroatoms. The molecule has 8 nitrogen and oxygen atoms in total. The number of aromatic nitrogens is 2. The molecule has 2 unspecified atom stereocenters. The Morgan fingerprint density at radius 1 is 1.18 bits per heavy atom. The summed E-state index contributed by atoms with van der Waals surface area (Å²) in [5.41, 5.74) is 9.05. The number of nitrogens with zero attached hydrogens (tertiary/aromatic N) is 2. The van der Waals surface area contributed by atoms with Crippen molar-refractivity contribution in [1.29, 1.82) is 0 Å². The highest BCUT2D eigenvalue weighted by atomic mass is 35.5. The van der Waals surface area contributed by atoms with Gasteiger partial charge in [0.05, 0.1) is 41.2 Å². The summed E-state index contributed by atoms with van der Waals surface area (Å²) in [6.45, 7) is 2.15. The van der Waals surface area contributed by atoms with Gasteiger partial charge in [-0.1, -0.05) is 29.8 Å². The molecule has 174 valence electrons. The maximum absolute atomic E-state index is 13.3. The maximum Gasteiger partial charge on any atom is 0.241 e. The topological polar surface area (TPSA) is 114 Å². The number of benzene rings is 2. The third-order valence-electron chi connectivity index (χ3n) is 5.19. The predicted octanol–water partition coefficient (Wildman–Crippen LogP) is 2.53. The summed E-state index contributed by atoms with van der Waals surface area (Å²) in [6, 6.07) is 11.8. The summed E-state index contributed by atoms with van der Waals surface area (Å²) >= 11 is 5.75. The molecule has 2 amide bonds. The Morgan fingerprint density at radius 2 is 1.91 bits per heavy atom. The first kappa shape index (κ1) is 24.4. The van der Waals surface area contributed by atoms with E-state index in [9.17, 15) is 14.0 Å². The van der Waals surface area contributed by atoms with E-state index in [-0.39, 0.29) is 18.0 Å². The fourth-order valence-electron chi connectivity index (χ4n) is 3.28. The average Bonchev–Trinajstić information content (AvgIpc) is 3.18. The van der Waals surface area contributed by atoms with Crippen LogP contribution in [0.3, 0.4) is 0 Å². The van der Waals surface area contributed by atoms with Gasteiger partial charge in [-0.15, -0.1) is 0 Å². The minimum Gasteiger partial charge on any atom is -0.349 e. The summed E-state index contributed by atoms with van der Waals surface area (Å²) in [7, 11) is 1.59. The Balaban J connectivity index is 1.59. The van der Waals surface area contributed by atoms with Gasteiger partial charge in [0.15, 0.2) is 0 Å². The third-order valence-corrected chi connectivity index (χ3v) is 5.48. The number of hydrogen-bond donors (Lipinski definition) is 4. The number of nitrogens with one attached hydrogen (secondary N) is 3. The lowest BCUT2D eigenvalue weighted by Gasteiger charge is -2.20. The maximum atomic E-state index is 13.3. The minimum atomic E-state index is -0.932. The number of halogens is 2. The van der Waals surface area contributed by atoms with Crippen LogP contribution >= 0.6 is 11.6 Å². The molecule has 0 saturated carbocycles. The van der Waals surface area contributed by atoms with Crippen LogP contribution in [-0.4, -0.2) is 40.7 Å². The lowest BCUT2D eigenvalue weighted by atomic mass is 10.1. The second-order valence-corrected chi connectivity index (χ2v) is 7.95. The molecule has 5 N–H and O–H groups in total. The van der Waals surface area contributed by atoms with Crippen LogP contribution in [0.4, 0.5) is 10.1 Å². The van der Waals surface area contributed by atoms with Gasteiger partial charge < -0.3 is 21.7 Å². The van der Waals surface area contributed by atoms with E-state index >= 15 is 0 Å². The van der Waals surface area contributed by atoms with Gasteiger partial charge in [-0.2, -0.15) is 5.10 Å². The van der Waals surface area contributed by atoms with Gasteiger partial charge in [-0.25, -0.2) is 9.07 Å². The summed E-state index contributed by atoms with van der Waals surface area (Å²) in [5, 5.41) is 12.6. The van der Waals surface area contributed by atoms with Crippen LogP contribution in [0.25, 0.3) is 5.69 Å². The lowest BCUT2D eigenvalue weighted by molar-refractivity contribution is -0.123. The van der Waals surface area contributed by atoms with Gasteiger partial charge in [0, 0.05) is 5.69 Å². The highest BCUT2D eigenvalue weighted by molar-refractivity contribution is 6.31. The van der Waals surface area contributed by atoms with E-state index < -0.39 is 29.7 Å². The highest BCUT2D eigenvalue weighted by Crippen LogP contribution is 2.20. The molecule has 1 aromatic heterocycles. The summed E-state index contributed by atoms with van der Waals surface area (Å²) < 4.78 is 15.1. The van der Waals surface area contributed by atoms with E-state index in [1.54, 1.807) is 17.9 Å². The number of aryl methyl sites for hydroxylation is 1.